The number of aryl methyl sites for hydroxylation is 1. The van der Waals surface area contributed by atoms with Crippen LogP contribution in [0.5, 0.6) is 0 Å². The highest BCUT2D eigenvalue weighted by Gasteiger charge is 2.08. The molecule has 0 saturated carbocycles. The van der Waals surface area contributed by atoms with Crippen molar-refractivity contribution in [1.29, 1.82) is 0 Å². The molecule has 1 nitrogen and oxygen atoms in total. The molecular weight excluding hydrogens is 242 g/mol. The van der Waals surface area contributed by atoms with E-state index in [1.54, 1.807) is 18.2 Å². The Hall–Kier alpha value is -2.04. The van der Waals surface area contributed by atoms with Crippen LogP contribution < -0.4 is 0 Å². The third kappa shape index (κ3) is 2.45. The van der Waals surface area contributed by atoms with Crippen molar-refractivity contribution in [3.63, 3.8) is 0 Å². The molecule has 0 aliphatic carbocycles. The Morgan fingerprint density at radius 2 is 1.83 bits per heavy atom. The summed E-state index contributed by atoms with van der Waals surface area (Å²) in [7, 11) is 0. The van der Waals surface area contributed by atoms with Crippen LogP contribution in [0.15, 0.2) is 49.0 Å². The molecule has 2 aromatic rings. The number of benzene rings is 2. The van der Waals surface area contributed by atoms with Crippen LogP contribution in [0.1, 0.15) is 16.7 Å². The molecule has 0 aromatic heterocycles. The predicted molar refractivity (Wildman–Crippen MR) is 77.0 cm³/mol. The molecule has 0 spiro atoms. The lowest BCUT2D eigenvalue weighted by molar-refractivity contribution is 1.45. The van der Waals surface area contributed by atoms with E-state index in [2.05, 4.69) is 11.4 Å². The van der Waals surface area contributed by atoms with Gasteiger partial charge in [0.05, 0.1) is 6.57 Å². The van der Waals surface area contributed by atoms with Crippen LogP contribution >= 0.6 is 11.6 Å². The Bertz CT molecular complexity index is 633. The van der Waals surface area contributed by atoms with Gasteiger partial charge in [-0.1, -0.05) is 60.1 Å². The lowest BCUT2D eigenvalue weighted by Gasteiger charge is -2.09. The minimum Gasteiger partial charge on any atom is -0.238 e. The zero-order valence-electron chi connectivity index (χ0n) is 10.1. The van der Waals surface area contributed by atoms with Gasteiger partial charge < -0.3 is 0 Å². The van der Waals surface area contributed by atoms with Crippen molar-refractivity contribution in [3.8, 4) is 0 Å². The second-order valence-electron chi connectivity index (χ2n) is 4.12. The van der Waals surface area contributed by atoms with Crippen LogP contribution in [0.2, 0.25) is 5.02 Å². The van der Waals surface area contributed by atoms with Crippen molar-refractivity contribution in [2.75, 3.05) is 0 Å². The largest absolute Gasteiger partial charge is 0.238 e. The van der Waals surface area contributed by atoms with Crippen molar-refractivity contribution in [2.45, 2.75) is 6.92 Å². The van der Waals surface area contributed by atoms with Crippen LogP contribution in [0.4, 0.5) is 5.69 Å². The molecule has 0 fully saturated rings. The smallest absolute Gasteiger partial charge is 0.195 e. The number of nitrogens with zero attached hydrogens (tertiary/aromatic N) is 1. The normalized spacial score (nSPS) is 9.83. The Labute approximate surface area is 112 Å². The van der Waals surface area contributed by atoms with Gasteiger partial charge in [0.25, 0.3) is 0 Å². The summed E-state index contributed by atoms with van der Waals surface area (Å²) in [4.78, 5) is 3.51. The van der Waals surface area contributed by atoms with Gasteiger partial charge >= 0.3 is 0 Å². The molecule has 0 aliphatic rings. The molecule has 88 valence electrons. The highest BCUT2D eigenvalue weighted by molar-refractivity contribution is 6.30. The molecule has 0 atom stereocenters. The maximum absolute atomic E-state index is 7.19. The first-order chi connectivity index (χ1) is 8.61. The first kappa shape index (κ1) is 12.4. The van der Waals surface area contributed by atoms with Crippen molar-refractivity contribution >= 4 is 22.9 Å². The Kier molecular flexibility index (Phi) is 3.50. The van der Waals surface area contributed by atoms with Crippen LogP contribution in [0.3, 0.4) is 0 Å². The molecule has 0 aliphatic heterocycles. The summed E-state index contributed by atoms with van der Waals surface area (Å²) in [5.41, 5.74) is 4.39. The topological polar surface area (TPSA) is 4.36 Å². The van der Waals surface area contributed by atoms with Gasteiger partial charge in [0, 0.05) is 5.02 Å². The van der Waals surface area contributed by atoms with E-state index in [9.17, 15) is 0 Å². The second kappa shape index (κ2) is 5.08. The van der Waals surface area contributed by atoms with Crippen molar-refractivity contribution in [3.05, 3.63) is 82.2 Å². The van der Waals surface area contributed by atoms with E-state index < -0.39 is 0 Å². The van der Waals surface area contributed by atoms with E-state index in [1.165, 1.54) is 5.56 Å². The van der Waals surface area contributed by atoms with Crippen LogP contribution in [0.25, 0.3) is 10.4 Å². The van der Waals surface area contributed by atoms with E-state index in [0.29, 0.717) is 10.7 Å². The van der Waals surface area contributed by atoms with Gasteiger partial charge in [0.2, 0.25) is 0 Å². The number of hydrogen-bond acceptors (Lipinski definition) is 0. The maximum Gasteiger partial charge on any atom is 0.195 e. The lowest BCUT2D eigenvalue weighted by atomic mass is 9.97. The summed E-state index contributed by atoms with van der Waals surface area (Å²) < 4.78 is 0. The molecule has 0 bridgehead atoms. The summed E-state index contributed by atoms with van der Waals surface area (Å²) in [6.45, 7) is 13.3. The highest BCUT2D eigenvalue weighted by atomic mass is 35.5. The minimum absolute atomic E-state index is 0.574. The molecule has 0 radical (unpaired) electrons. The fourth-order valence-electron chi connectivity index (χ4n) is 1.76. The molecule has 2 heteroatoms. The quantitative estimate of drug-likeness (QED) is 0.643. The van der Waals surface area contributed by atoms with Gasteiger partial charge in [0.1, 0.15) is 0 Å². The van der Waals surface area contributed by atoms with E-state index in [4.69, 9.17) is 18.2 Å². The average molecular weight is 254 g/mol. The summed E-state index contributed by atoms with van der Waals surface area (Å²) in [5, 5.41) is 0.616. The lowest BCUT2D eigenvalue weighted by Crippen LogP contribution is -1.87. The first-order valence-corrected chi connectivity index (χ1v) is 5.93. The number of rotatable bonds is 2. The number of hydrogen-bond donors (Lipinski definition) is 0. The van der Waals surface area contributed by atoms with Gasteiger partial charge in [-0.15, -0.1) is 0 Å². The number of halogens is 1. The Morgan fingerprint density at radius 1 is 1.17 bits per heavy atom. The monoisotopic (exact) mass is 253 g/mol. The van der Waals surface area contributed by atoms with E-state index in [-0.39, 0.29) is 0 Å². The van der Waals surface area contributed by atoms with Gasteiger partial charge in [-0.2, -0.15) is 0 Å². The molecule has 0 heterocycles. The molecule has 0 unspecified atom stereocenters. The second-order valence-corrected chi connectivity index (χ2v) is 4.55. The Morgan fingerprint density at radius 3 is 2.44 bits per heavy atom. The Balaban J connectivity index is 2.49. The molecule has 0 amide bonds. The van der Waals surface area contributed by atoms with Gasteiger partial charge in [-0.3, -0.25) is 0 Å². The van der Waals surface area contributed by atoms with Crippen molar-refractivity contribution in [2.24, 2.45) is 0 Å². The SMILES string of the molecule is [C-]#[N+]c1ccc(Cl)cc1C(=C)c1ccc(C)cc1. The average Bonchev–Trinajstić information content (AvgIpc) is 2.39. The molecule has 0 saturated heterocycles. The maximum atomic E-state index is 7.19. The third-order valence-corrected chi connectivity index (χ3v) is 3.04. The fourth-order valence-corrected chi connectivity index (χ4v) is 1.93. The standard InChI is InChI=1S/C16H12ClN/c1-11-4-6-13(7-5-11)12(2)15-10-14(17)8-9-16(15)18-3/h4-10H,2H2,1H3. The minimum atomic E-state index is 0.574. The van der Waals surface area contributed by atoms with E-state index in [1.807, 2.05) is 31.2 Å². The molecular formula is C16H12ClN. The zero-order valence-corrected chi connectivity index (χ0v) is 10.8. The summed E-state index contributed by atoms with van der Waals surface area (Å²) in [5.74, 6) is 0. The van der Waals surface area contributed by atoms with Crippen LogP contribution in [-0.2, 0) is 0 Å². The first-order valence-electron chi connectivity index (χ1n) is 5.55. The predicted octanol–water partition coefficient (Wildman–Crippen LogP) is 5.26. The third-order valence-electron chi connectivity index (χ3n) is 2.80. The van der Waals surface area contributed by atoms with E-state index in [0.717, 1.165) is 16.7 Å². The molecule has 2 rings (SSSR count). The molecule has 0 N–H and O–H groups in total. The molecule has 2 aromatic carbocycles. The van der Waals surface area contributed by atoms with Crippen molar-refractivity contribution in [1.82, 2.24) is 0 Å². The van der Waals surface area contributed by atoms with Crippen molar-refractivity contribution < 1.29 is 0 Å². The fraction of sp³-hybridized carbons (Fsp3) is 0.0625. The summed E-state index contributed by atoms with van der Waals surface area (Å²) >= 11 is 5.99. The molecule has 18 heavy (non-hydrogen) atoms. The van der Waals surface area contributed by atoms with E-state index >= 15 is 0 Å². The van der Waals surface area contributed by atoms with Crippen LogP contribution in [0, 0.1) is 13.5 Å². The summed E-state index contributed by atoms with van der Waals surface area (Å²) in [6, 6.07) is 13.3. The summed E-state index contributed by atoms with van der Waals surface area (Å²) in [6.07, 6.45) is 0. The van der Waals surface area contributed by atoms with Crippen LogP contribution in [-0.4, -0.2) is 0 Å². The van der Waals surface area contributed by atoms with Gasteiger partial charge in [-0.05, 0) is 29.7 Å². The zero-order chi connectivity index (χ0) is 13.1. The van der Waals surface area contributed by atoms with Gasteiger partial charge in [0.15, 0.2) is 5.69 Å². The highest BCUT2D eigenvalue weighted by Crippen LogP contribution is 2.32. The van der Waals surface area contributed by atoms with Gasteiger partial charge in [-0.25, -0.2) is 4.85 Å².